The van der Waals surface area contributed by atoms with Crippen molar-refractivity contribution in [1.82, 2.24) is 10.2 Å². The minimum Gasteiger partial charge on any atom is -0.463 e. The Morgan fingerprint density at radius 2 is 2.12 bits per heavy atom. The summed E-state index contributed by atoms with van der Waals surface area (Å²) < 4.78 is 6.36. The van der Waals surface area contributed by atoms with Gasteiger partial charge in [0, 0.05) is 21.7 Å². The third-order valence-corrected chi connectivity index (χ3v) is 5.24. The maximum Gasteiger partial charge on any atom is 0.336 e. The summed E-state index contributed by atoms with van der Waals surface area (Å²) in [7, 11) is 0. The molecule has 2 aromatic rings. The second kappa shape index (κ2) is 6.09. The van der Waals surface area contributed by atoms with Gasteiger partial charge in [-0.25, -0.2) is 4.79 Å². The summed E-state index contributed by atoms with van der Waals surface area (Å²) in [6.07, 6.45) is 3.98. The maximum absolute atomic E-state index is 12.8. The van der Waals surface area contributed by atoms with Crippen LogP contribution in [0, 0.1) is 5.92 Å². The Hall–Kier alpha value is -2.08. The number of aromatic nitrogens is 2. The summed E-state index contributed by atoms with van der Waals surface area (Å²) in [5.41, 5.74) is 3.70. The molecule has 0 radical (unpaired) electrons. The Balaban J connectivity index is 1.92. The van der Waals surface area contributed by atoms with Gasteiger partial charge in [0.15, 0.2) is 0 Å². The molecule has 1 aromatic carbocycles. The summed E-state index contributed by atoms with van der Waals surface area (Å²) in [5, 5.41) is 10.6. The molecule has 6 heteroatoms. The predicted molar refractivity (Wildman–Crippen MR) is 94.6 cm³/mol. The standard InChI is InChI=1S/C18H18BrN3O2/c1-2-24-18(23)15-14(11-5-3-4-6-13(11)19)12-9-20-22-17(12)21-16(15)10-7-8-10/h3-6,9-10,14H,2,7-8H2,1H3,(H2,20,21,22). The highest BCUT2D eigenvalue weighted by Crippen LogP contribution is 2.49. The molecule has 0 bridgehead atoms. The predicted octanol–water partition coefficient (Wildman–Crippen LogP) is 3.96. The Bertz CT molecular complexity index is 823. The van der Waals surface area contributed by atoms with Crippen molar-refractivity contribution >= 4 is 27.7 Å². The number of ether oxygens (including phenoxy) is 1. The molecule has 1 aliphatic carbocycles. The molecule has 1 fully saturated rings. The third-order valence-electron chi connectivity index (χ3n) is 4.52. The van der Waals surface area contributed by atoms with Crippen LogP contribution in [-0.4, -0.2) is 22.8 Å². The zero-order valence-corrected chi connectivity index (χ0v) is 14.9. The number of allylic oxidation sites excluding steroid dienone is 1. The number of halogens is 1. The normalized spacial score (nSPS) is 19.7. The number of hydrogen-bond donors (Lipinski definition) is 2. The fourth-order valence-electron chi connectivity index (χ4n) is 3.29. The van der Waals surface area contributed by atoms with E-state index in [9.17, 15) is 4.79 Å². The van der Waals surface area contributed by atoms with Gasteiger partial charge < -0.3 is 10.1 Å². The molecular formula is C18H18BrN3O2. The van der Waals surface area contributed by atoms with Crippen LogP contribution in [-0.2, 0) is 9.53 Å². The smallest absolute Gasteiger partial charge is 0.336 e. The van der Waals surface area contributed by atoms with E-state index in [1.165, 1.54) is 0 Å². The van der Waals surface area contributed by atoms with Crippen molar-refractivity contribution in [1.29, 1.82) is 0 Å². The molecule has 2 aliphatic rings. The van der Waals surface area contributed by atoms with E-state index < -0.39 is 0 Å². The number of benzene rings is 1. The Morgan fingerprint density at radius 1 is 1.33 bits per heavy atom. The van der Waals surface area contributed by atoms with Crippen LogP contribution >= 0.6 is 15.9 Å². The van der Waals surface area contributed by atoms with Crippen molar-refractivity contribution < 1.29 is 9.53 Å². The van der Waals surface area contributed by atoms with Gasteiger partial charge in [-0.05, 0) is 37.3 Å². The summed E-state index contributed by atoms with van der Waals surface area (Å²) in [5.74, 6) is 0.821. The number of fused-ring (bicyclic) bond motifs is 1. The van der Waals surface area contributed by atoms with Gasteiger partial charge in [-0.3, -0.25) is 5.10 Å². The van der Waals surface area contributed by atoms with E-state index in [-0.39, 0.29) is 11.9 Å². The topological polar surface area (TPSA) is 67.0 Å². The van der Waals surface area contributed by atoms with Crippen molar-refractivity contribution in [2.24, 2.45) is 5.92 Å². The number of carbonyl (C=O) groups is 1. The van der Waals surface area contributed by atoms with Crippen LogP contribution in [0.15, 0.2) is 46.2 Å². The molecule has 5 nitrogen and oxygen atoms in total. The highest BCUT2D eigenvalue weighted by Gasteiger charge is 2.41. The molecule has 24 heavy (non-hydrogen) atoms. The minimum atomic E-state index is -0.250. The van der Waals surface area contributed by atoms with Gasteiger partial charge in [-0.2, -0.15) is 5.10 Å². The Kier molecular flexibility index (Phi) is 3.92. The van der Waals surface area contributed by atoms with E-state index in [0.29, 0.717) is 18.1 Å². The van der Waals surface area contributed by atoms with Crippen molar-refractivity contribution in [2.75, 3.05) is 11.9 Å². The number of carbonyl (C=O) groups excluding carboxylic acids is 1. The summed E-state index contributed by atoms with van der Waals surface area (Å²) in [4.78, 5) is 12.8. The zero-order valence-electron chi connectivity index (χ0n) is 13.3. The molecular weight excluding hydrogens is 370 g/mol. The van der Waals surface area contributed by atoms with Crippen molar-refractivity contribution in [3.63, 3.8) is 0 Å². The quantitative estimate of drug-likeness (QED) is 0.779. The second-order valence-corrected chi connectivity index (χ2v) is 6.96. The molecule has 0 saturated heterocycles. The molecule has 1 aromatic heterocycles. The van der Waals surface area contributed by atoms with Crippen molar-refractivity contribution in [2.45, 2.75) is 25.7 Å². The van der Waals surface area contributed by atoms with E-state index in [1.807, 2.05) is 31.2 Å². The first-order chi connectivity index (χ1) is 11.7. The monoisotopic (exact) mass is 387 g/mol. The highest BCUT2D eigenvalue weighted by atomic mass is 79.9. The van der Waals surface area contributed by atoms with Gasteiger partial charge in [0.1, 0.15) is 5.82 Å². The lowest BCUT2D eigenvalue weighted by Crippen LogP contribution is -2.26. The Labute approximate surface area is 148 Å². The molecule has 1 aliphatic heterocycles. The van der Waals surface area contributed by atoms with Crippen LogP contribution in [0.5, 0.6) is 0 Å². The summed E-state index contributed by atoms with van der Waals surface area (Å²) in [6.45, 7) is 2.20. The lowest BCUT2D eigenvalue weighted by atomic mass is 9.82. The lowest BCUT2D eigenvalue weighted by Gasteiger charge is -2.29. The molecule has 1 saturated carbocycles. The van der Waals surface area contributed by atoms with Gasteiger partial charge in [-0.1, -0.05) is 34.1 Å². The summed E-state index contributed by atoms with van der Waals surface area (Å²) >= 11 is 3.63. The van der Waals surface area contributed by atoms with Crippen LogP contribution < -0.4 is 5.32 Å². The molecule has 0 amide bonds. The second-order valence-electron chi connectivity index (χ2n) is 6.10. The molecule has 1 atom stereocenters. The highest BCUT2D eigenvalue weighted by molar-refractivity contribution is 9.10. The number of anilines is 1. The number of nitrogens with one attached hydrogen (secondary N) is 2. The molecule has 0 spiro atoms. The van der Waals surface area contributed by atoms with E-state index >= 15 is 0 Å². The average molecular weight is 388 g/mol. The van der Waals surface area contributed by atoms with Crippen molar-refractivity contribution in [3.8, 4) is 0 Å². The fraction of sp³-hybridized carbons (Fsp3) is 0.333. The molecule has 124 valence electrons. The number of rotatable bonds is 4. The van der Waals surface area contributed by atoms with E-state index in [0.717, 1.165) is 40.0 Å². The van der Waals surface area contributed by atoms with Crippen LogP contribution in [0.25, 0.3) is 0 Å². The van der Waals surface area contributed by atoms with E-state index in [1.54, 1.807) is 6.20 Å². The average Bonchev–Trinajstić information content (AvgIpc) is 3.32. The number of aromatic amines is 1. The van der Waals surface area contributed by atoms with E-state index in [2.05, 4.69) is 31.4 Å². The van der Waals surface area contributed by atoms with Crippen LogP contribution in [0.4, 0.5) is 5.82 Å². The van der Waals surface area contributed by atoms with Gasteiger partial charge >= 0.3 is 5.97 Å². The SMILES string of the molecule is CCOC(=O)C1=C(C2CC2)Nc2[nH]ncc2C1c1ccccc1Br. The molecule has 1 unspecified atom stereocenters. The van der Waals surface area contributed by atoms with E-state index in [4.69, 9.17) is 4.74 Å². The number of H-pyrrole nitrogens is 1. The largest absolute Gasteiger partial charge is 0.463 e. The van der Waals surface area contributed by atoms with Gasteiger partial charge in [-0.15, -0.1) is 0 Å². The summed E-state index contributed by atoms with van der Waals surface area (Å²) in [6, 6.07) is 8.00. The minimum absolute atomic E-state index is 0.190. The molecule has 2 N–H and O–H groups in total. The van der Waals surface area contributed by atoms with Crippen molar-refractivity contribution in [3.05, 3.63) is 57.3 Å². The Morgan fingerprint density at radius 3 is 2.83 bits per heavy atom. The first kappa shape index (κ1) is 15.4. The first-order valence-corrected chi connectivity index (χ1v) is 8.96. The maximum atomic E-state index is 12.8. The van der Waals surface area contributed by atoms with Gasteiger partial charge in [0.25, 0.3) is 0 Å². The zero-order chi connectivity index (χ0) is 16.7. The van der Waals surface area contributed by atoms with Crippen LogP contribution in [0.1, 0.15) is 36.8 Å². The molecule has 4 rings (SSSR count). The number of nitrogens with zero attached hydrogens (tertiary/aromatic N) is 1. The fourth-order valence-corrected chi connectivity index (χ4v) is 3.80. The number of esters is 1. The van der Waals surface area contributed by atoms with Gasteiger partial charge in [0.05, 0.1) is 18.4 Å². The van der Waals surface area contributed by atoms with Crippen LogP contribution in [0.2, 0.25) is 0 Å². The third kappa shape index (κ3) is 2.55. The lowest BCUT2D eigenvalue weighted by molar-refractivity contribution is -0.138. The van der Waals surface area contributed by atoms with Crippen LogP contribution in [0.3, 0.4) is 0 Å². The number of hydrogen-bond acceptors (Lipinski definition) is 4. The first-order valence-electron chi connectivity index (χ1n) is 8.16. The van der Waals surface area contributed by atoms with Gasteiger partial charge in [0.2, 0.25) is 0 Å². The molecule has 2 heterocycles.